The number of hydrogen-bond acceptors (Lipinski definition) is 3. The number of para-hydroxylation sites is 3. The third kappa shape index (κ3) is 4.63. The molecule has 4 heteroatoms. The molecule has 3 heterocycles. The van der Waals surface area contributed by atoms with Gasteiger partial charge in [-0.25, -0.2) is 4.98 Å². The molecule has 6 aromatic carbocycles. The summed E-state index contributed by atoms with van der Waals surface area (Å²) < 4.78 is 16.0. The summed E-state index contributed by atoms with van der Waals surface area (Å²) in [6.45, 7) is 11.3. The number of benzene rings is 6. The van der Waals surface area contributed by atoms with Crippen LogP contribution in [0.15, 0.2) is 136 Å². The lowest BCUT2D eigenvalue weighted by atomic mass is 9.88. The second kappa shape index (κ2) is 11.6. The monoisotopic (exact) mass is 650 g/mol. The molecule has 9 aromatic rings. The van der Waals surface area contributed by atoms with Crippen LogP contribution in [0, 0.1) is 6.92 Å². The highest BCUT2D eigenvalue weighted by Gasteiger charge is 2.28. The van der Waals surface area contributed by atoms with Crippen molar-refractivity contribution in [3.05, 3.63) is 144 Å². The maximum Gasteiger partial charge on any atom is 0.150 e. The molecule has 0 fully saturated rings. The number of aryl methyl sites for hydroxylation is 1. The zero-order chi connectivity index (χ0) is 34.1. The van der Waals surface area contributed by atoms with Gasteiger partial charge in [0.1, 0.15) is 28.3 Å². The molecule has 0 aliphatic rings. The highest BCUT2D eigenvalue weighted by molar-refractivity contribution is 6.21. The number of nitrogens with zero attached hydrogens (tertiary/aromatic N) is 2. The number of imidazole rings is 1. The zero-order valence-corrected chi connectivity index (χ0v) is 29.0. The third-order valence-corrected chi connectivity index (χ3v) is 10.1. The Labute approximate surface area is 291 Å². The van der Waals surface area contributed by atoms with E-state index < -0.39 is 0 Å². The lowest BCUT2D eigenvalue weighted by Crippen LogP contribution is -2.09. The molecule has 0 radical (unpaired) electrons. The fourth-order valence-corrected chi connectivity index (χ4v) is 7.64. The van der Waals surface area contributed by atoms with E-state index >= 15 is 0 Å². The van der Waals surface area contributed by atoms with Crippen LogP contribution < -0.4 is 0 Å². The Balaban J connectivity index is 1.42. The Hall–Kier alpha value is -5.87. The normalized spacial score (nSPS) is 12.1. The number of furan rings is 2. The van der Waals surface area contributed by atoms with E-state index in [1.807, 2.05) is 18.2 Å². The van der Waals surface area contributed by atoms with E-state index in [9.17, 15) is 0 Å². The molecular formula is C46H38N2O2. The molecule has 0 bridgehead atoms. The molecule has 50 heavy (non-hydrogen) atoms. The Morgan fingerprint density at radius 1 is 0.580 bits per heavy atom. The highest BCUT2D eigenvalue weighted by atomic mass is 16.3. The topological polar surface area (TPSA) is 44.1 Å². The molecule has 0 spiro atoms. The van der Waals surface area contributed by atoms with Crippen LogP contribution in [0.1, 0.15) is 56.2 Å². The van der Waals surface area contributed by atoms with Crippen LogP contribution in [0.5, 0.6) is 0 Å². The molecule has 0 N–H and O–H groups in total. The van der Waals surface area contributed by atoms with Crippen molar-refractivity contribution in [3.8, 4) is 39.5 Å². The maximum absolute atomic E-state index is 6.81. The molecule has 9 rings (SSSR count). The average molecular weight is 651 g/mol. The van der Waals surface area contributed by atoms with Crippen molar-refractivity contribution in [3.63, 3.8) is 0 Å². The standard InChI is InChI=1S/C46H38N2O2/c1-27(2)34-24-32(30-16-8-6-9-17-30)25-35(28(3)4)42(34)48-39-22-14-13-21-38(39)47-46(48)37-26-36-29(5)43(31-18-10-7-11-19-31)50-44(36)41-33-20-12-15-23-40(33)49-45(37)41/h6-28H,1-5H3. The second-order valence-electron chi connectivity index (χ2n) is 14.0. The Morgan fingerprint density at radius 3 is 1.90 bits per heavy atom. The molecule has 4 nitrogen and oxygen atoms in total. The predicted molar refractivity (Wildman–Crippen MR) is 207 cm³/mol. The first kappa shape index (κ1) is 30.2. The summed E-state index contributed by atoms with van der Waals surface area (Å²) in [7, 11) is 0. The number of rotatable bonds is 6. The Bertz CT molecular complexity index is 2680. The van der Waals surface area contributed by atoms with Gasteiger partial charge in [-0.15, -0.1) is 0 Å². The molecule has 0 saturated carbocycles. The highest BCUT2D eigenvalue weighted by Crippen LogP contribution is 2.47. The fourth-order valence-electron chi connectivity index (χ4n) is 7.64. The first-order valence-electron chi connectivity index (χ1n) is 17.5. The lowest BCUT2D eigenvalue weighted by Gasteiger charge is -2.24. The summed E-state index contributed by atoms with van der Waals surface area (Å²) in [6, 6.07) is 44.8. The van der Waals surface area contributed by atoms with Gasteiger partial charge in [-0.1, -0.05) is 119 Å². The van der Waals surface area contributed by atoms with Crippen LogP contribution in [0.4, 0.5) is 0 Å². The van der Waals surface area contributed by atoms with Gasteiger partial charge < -0.3 is 8.83 Å². The number of hydrogen-bond donors (Lipinski definition) is 0. The van der Waals surface area contributed by atoms with Gasteiger partial charge in [-0.3, -0.25) is 4.57 Å². The van der Waals surface area contributed by atoms with Gasteiger partial charge in [-0.2, -0.15) is 0 Å². The summed E-state index contributed by atoms with van der Waals surface area (Å²) in [5.74, 6) is 2.26. The minimum atomic E-state index is 0.262. The number of aromatic nitrogens is 2. The van der Waals surface area contributed by atoms with Gasteiger partial charge in [0.15, 0.2) is 0 Å². The molecule has 0 saturated heterocycles. The van der Waals surface area contributed by atoms with Gasteiger partial charge in [0.25, 0.3) is 0 Å². The van der Waals surface area contributed by atoms with Crippen LogP contribution in [0.3, 0.4) is 0 Å². The van der Waals surface area contributed by atoms with Gasteiger partial charge in [0.05, 0.1) is 27.7 Å². The summed E-state index contributed by atoms with van der Waals surface area (Å²) in [6.07, 6.45) is 0. The van der Waals surface area contributed by atoms with Gasteiger partial charge in [-0.05, 0) is 77.4 Å². The van der Waals surface area contributed by atoms with Crippen molar-refractivity contribution < 1.29 is 8.83 Å². The SMILES string of the molecule is Cc1c(-c2ccccc2)oc2c1cc(-c1nc3ccccc3n1-c1c(C(C)C)cc(-c3ccccc3)cc1C(C)C)c1oc3ccccc3c12. The van der Waals surface area contributed by atoms with Gasteiger partial charge >= 0.3 is 0 Å². The van der Waals surface area contributed by atoms with Crippen molar-refractivity contribution in [2.75, 3.05) is 0 Å². The molecule has 0 atom stereocenters. The molecule has 0 amide bonds. The average Bonchev–Trinajstić information content (AvgIpc) is 3.82. The van der Waals surface area contributed by atoms with E-state index in [1.165, 1.54) is 27.9 Å². The van der Waals surface area contributed by atoms with Crippen LogP contribution >= 0.6 is 0 Å². The van der Waals surface area contributed by atoms with Crippen LogP contribution in [-0.2, 0) is 0 Å². The van der Waals surface area contributed by atoms with E-state index in [0.717, 1.165) is 72.2 Å². The summed E-state index contributed by atoms with van der Waals surface area (Å²) >= 11 is 0. The molecule has 0 aliphatic heterocycles. The van der Waals surface area contributed by atoms with E-state index in [0.29, 0.717) is 0 Å². The first-order valence-corrected chi connectivity index (χ1v) is 17.5. The molecule has 0 aliphatic carbocycles. The predicted octanol–water partition coefficient (Wildman–Crippen LogP) is 13.2. The smallest absolute Gasteiger partial charge is 0.150 e. The van der Waals surface area contributed by atoms with Crippen LogP contribution in [0.25, 0.3) is 83.5 Å². The largest absolute Gasteiger partial charge is 0.455 e. The van der Waals surface area contributed by atoms with E-state index in [-0.39, 0.29) is 11.8 Å². The lowest BCUT2D eigenvalue weighted by molar-refractivity contribution is 0.631. The minimum Gasteiger partial charge on any atom is -0.455 e. The van der Waals surface area contributed by atoms with E-state index in [2.05, 4.69) is 148 Å². The van der Waals surface area contributed by atoms with Crippen molar-refractivity contribution in [1.82, 2.24) is 9.55 Å². The summed E-state index contributed by atoms with van der Waals surface area (Å²) in [5, 5.41) is 3.07. The summed E-state index contributed by atoms with van der Waals surface area (Å²) in [4.78, 5) is 5.43. The van der Waals surface area contributed by atoms with Crippen molar-refractivity contribution in [2.45, 2.75) is 46.5 Å². The van der Waals surface area contributed by atoms with Crippen molar-refractivity contribution in [2.24, 2.45) is 0 Å². The van der Waals surface area contributed by atoms with E-state index in [4.69, 9.17) is 13.8 Å². The fraction of sp³-hybridized carbons (Fsp3) is 0.152. The third-order valence-electron chi connectivity index (χ3n) is 10.1. The molecule has 0 unspecified atom stereocenters. The molecule has 3 aromatic heterocycles. The molecule has 244 valence electrons. The first-order chi connectivity index (χ1) is 24.4. The molecular weight excluding hydrogens is 613 g/mol. The van der Waals surface area contributed by atoms with E-state index in [1.54, 1.807) is 0 Å². The van der Waals surface area contributed by atoms with Crippen LogP contribution in [0.2, 0.25) is 0 Å². The van der Waals surface area contributed by atoms with Crippen molar-refractivity contribution in [1.29, 1.82) is 0 Å². The van der Waals surface area contributed by atoms with Crippen LogP contribution in [-0.4, -0.2) is 9.55 Å². The Kier molecular flexibility index (Phi) is 7.03. The summed E-state index contributed by atoms with van der Waals surface area (Å²) in [5.41, 5.74) is 13.8. The quantitative estimate of drug-likeness (QED) is 0.180. The second-order valence-corrected chi connectivity index (χ2v) is 14.0. The van der Waals surface area contributed by atoms with Gasteiger partial charge in [0, 0.05) is 21.9 Å². The van der Waals surface area contributed by atoms with Gasteiger partial charge in [0.2, 0.25) is 0 Å². The van der Waals surface area contributed by atoms with Crippen molar-refractivity contribution >= 4 is 43.9 Å². The maximum atomic E-state index is 6.81. The minimum absolute atomic E-state index is 0.262. The Morgan fingerprint density at radius 2 is 1.20 bits per heavy atom. The number of fused-ring (bicyclic) bond motifs is 6. The zero-order valence-electron chi connectivity index (χ0n) is 29.0.